The van der Waals surface area contributed by atoms with E-state index in [9.17, 15) is 19.5 Å². The largest absolute Gasteiger partial charge is 0.480 e. The van der Waals surface area contributed by atoms with Crippen LogP contribution in [0.25, 0.3) is 0 Å². The average molecular weight is 320 g/mol. The van der Waals surface area contributed by atoms with Gasteiger partial charge in [0.1, 0.15) is 6.04 Å². The summed E-state index contributed by atoms with van der Waals surface area (Å²) in [6.45, 7) is 3.68. The van der Waals surface area contributed by atoms with Crippen LogP contribution in [0.15, 0.2) is 24.3 Å². The highest BCUT2D eigenvalue weighted by molar-refractivity contribution is 5.94. The monoisotopic (exact) mass is 320 g/mol. The van der Waals surface area contributed by atoms with Crippen molar-refractivity contribution >= 4 is 17.8 Å². The van der Waals surface area contributed by atoms with Gasteiger partial charge in [-0.05, 0) is 30.0 Å². The van der Waals surface area contributed by atoms with E-state index in [0.717, 1.165) is 5.56 Å². The van der Waals surface area contributed by atoms with Crippen LogP contribution < -0.4 is 10.6 Å². The highest BCUT2D eigenvalue weighted by Gasteiger charge is 2.24. The fourth-order valence-electron chi connectivity index (χ4n) is 2.20. The lowest BCUT2D eigenvalue weighted by molar-refractivity contribution is -0.143. The number of rotatable bonds is 8. The van der Waals surface area contributed by atoms with E-state index in [1.54, 1.807) is 32.2 Å². The highest BCUT2D eigenvalue weighted by Crippen LogP contribution is 2.10. The van der Waals surface area contributed by atoms with Gasteiger partial charge in [0, 0.05) is 19.0 Å². The molecule has 1 aromatic rings. The maximum absolute atomic E-state index is 12.0. The number of carboxylic acid groups (broad SMARTS) is 1. The van der Waals surface area contributed by atoms with Gasteiger partial charge in [0.2, 0.25) is 5.91 Å². The number of carbonyl (C=O) groups is 3. The van der Waals surface area contributed by atoms with E-state index in [2.05, 4.69) is 10.6 Å². The highest BCUT2D eigenvalue weighted by atomic mass is 16.4. The number of hydrogen-bond acceptors (Lipinski definition) is 3. The first-order chi connectivity index (χ1) is 10.9. The number of carbonyl (C=O) groups excluding carboxylic acids is 2. The Bertz CT molecular complexity index is 571. The van der Waals surface area contributed by atoms with E-state index in [1.165, 1.54) is 0 Å². The van der Waals surface area contributed by atoms with Gasteiger partial charge in [-0.3, -0.25) is 9.59 Å². The summed E-state index contributed by atoms with van der Waals surface area (Å²) in [6.07, 6.45) is 1.30. The standard InChI is InChI=1S/C17H24N2O4/c1-4-11(2)15(17(22)23)19-14(20)9-8-12-6-5-7-13(10-12)16(21)18-3/h5-7,10-11,15H,4,8-9H2,1-3H3,(H,18,21)(H,19,20)(H,22,23). The number of nitrogens with one attached hydrogen (secondary N) is 2. The molecule has 0 aliphatic carbocycles. The Morgan fingerprint density at radius 3 is 2.52 bits per heavy atom. The molecule has 0 aliphatic rings. The molecule has 6 nitrogen and oxygen atoms in total. The number of aliphatic carboxylic acids is 1. The molecule has 2 unspecified atom stereocenters. The fraction of sp³-hybridized carbons (Fsp3) is 0.471. The second kappa shape index (κ2) is 8.92. The van der Waals surface area contributed by atoms with Crippen molar-refractivity contribution in [1.82, 2.24) is 10.6 Å². The summed E-state index contributed by atoms with van der Waals surface area (Å²) in [5.74, 6) is -1.63. The molecule has 0 radical (unpaired) electrons. The molecule has 0 bridgehead atoms. The number of benzene rings is 1. The molecule has 0 spiro atoms. The van der Waals surface area contributed by atoms with Crippen LogP contribution in [0, 0.1) is 5.92 Å². The zero-order valence-corrected chi connectivity index (χ0v) is 13.8. The molecule has 126 valence electrons. The zero-order chi connectivity index (χ0) is 17.4. The number of aryl methyl sites for hydroxylation is 1. The minimum atomic E-state index is -1.02. The minimum Gasteiger partial charge on any atom is -0.480 e. The topological polar surface area (TPSA) is 95.5 Å². The number of hydrogen-bond donors (Lipinski definition) is 3. The lowest BCUT2D eigenvalue weighted by atomic mass is 9.99. The number of carboxylic acids is 1. The van der Waals surface area contributed by atoms with Gasteiger partial charge < -0.3 is 15.7 Å². The molecular formula is C17H24N2O4. The van der Waals surface area contributed by atoms with Gasteiger partial charge in [0.05, 0.1) is 0 Å². The lowest BCUT2D eigenvalue weighted by Crippen LogP contribution is -2.45. The molecule has 0 saturated carbocycles. The van der Waals surface area contributed by atoms with Crippen LogP contribution >= 0.6 is 0 Å². The van der Waals surface area contributed by atoms with E-state index in [1.807, 2.05) is 13.0 Å². The van der Waals surface area contributed by atoms with Crippen molar-refractivity contribution in [3.05, 3.63) is 35.4 Å². The van der Waals surface area contributed by atoms with Gasteiger partial charge in [0.25, 0.3) is 5.91 Å². The first-order valence-corrected chi connectivity index (χ1v) is 7.72. The summed E-state index contributed by atoms with van der Waals surface area (Å²) in [5, 5.41) is 14.3. The summed E-state index contributed by atoms with van der Waals surface area (Å²) >= 11 is 0. The van der Waals surface area contributed by atoms with Gasteiger partial charge in [-0.2, -0.15) is 0 Å². The second-order valence-corrected chi connectivity index (χ2v) is 5.55. The van der Waals surface area contributed by atoms with Crippen LogP contribution in [0.2, 0.25) is 0 Å². The van der Waals surface area contributed by atoms with Gasteiger partial charge in [-0.25, -0.2) is 4.79 Å². The van der Waals surface area contributed by atoms with Crippen LogP contribution in [0.3, 0.4) is 0 Å². The smallest absolute Gasteiger partial charge is 0.326 e. The summed E-state index contributed by atoms with van der Waals surface area (Å²) in [4.78, 5) is 34.8. The van der Waals surface area contributed by atoms with Gasteiger partial charge >= 0.3 is 5.97 Å². The summed E-state index contributed by atoms with van der Waals surface area (Å²) in [5.41, 5.74) is 1.39. The Kier molecular flexibility index (Phi) is 7.25. The van der Waals surface area contributed by atoms with Crippen molar-refractivity contribution in [2.45, 2.75) is 39.2 Å². The van der Waals surface area contributed by atoms with Gasteiger partial charge in [-0.15, -0.1) is 0 Å². The van der Waals surface area contributed by atoms with Crippen molar-refractivity contribution in [1.29, 1.82) is 0 Å². The van der Waals surface area contributed by atoms with Crippen molar-refractivity contribution < 1.29 is 19.5 Å². The third-order valence-electron chi connectivity index (χ3n) is 3.85. The van der Waals surface area contributed by atoms with Crippen molar-refractivity contribution in [2.75, 3.05) is 7.05 Å². The minimum absolute atomic E-state index is 0.131. The Balaban J connectivity index is 2.62. The van der Waals surface area contributed by atoms with Crippen LogP contribution in [-0.4, -0.2) is 36.0 Å². The Morgan fingerprint density at radius 1 is 1.26 bits per heavy atom. The summed E-state index contributed by atoms with van der Waals surface area (Å²) in [6, 6.07) is 6.16. The van der Waals surface area contributed by atoms with Crippen molar-refractivity contribution in [2.24, 2.45) is 5.92 Å². The molecule has 1 aromatic carbocycles. The van der Waals surface area contributed by atoms with E-state index in [0.29, 0.717) is 18.4 Å². The maximum atomic E-state index is 12.0. The third-order valence-corrected chi connectivity index (χ3v) is 3.85. The first kappa shape index (κ1) is 18.7. The Labute approximate surface area is 136 Å². The second-order valence-electron chi connectivity index (χ2n) is 5.55. The summed E-state index contributed by atoms with van der Waals surface area (Å²) < 4.78 is 0. The van der Waals surface area contributed by atoms with E-state index in [4.69, 9.17) is 0 Å². The molecule has 0 fully saturated rings. The molecule has 0 aromatic heterocycles. The van der Waals surface area contributed by atoms with Crippen molar-refractivity contribution in [3.8, 4) is 0 Å². The normalized spacial score (nSPS) is 13.0. The van der Waals surface area contributed by atoms with Crippen LogP contribution in [0.1, 0.15) is 42.6 Å². The molecule has 0 saturated heterocycles. The van der Waals surface area contributed by atoms with Crippen LogP contribution in [-0.2, 0) is 16.0 Å². The molecule has 0 aliphatic heterocycles. The average Bonchev–Trinajstić information content (AvgIpc) is 2.56. The molecule has 6 heteroatoms. The molecule has 2 amide bonds. The zero-order valence-electron chi connectivity index (χ0n) is 13.8. The molecular weight excluding hydrogens is 296 g/mol. The van der Waals surface area contributed by atoms with E-state index >= 15 is 0 Å². The van der Waals surface area contributed by atoms with Crippen LogP contribution in [0.4, 0.5) is 0 Å². The van der Waals surface area contributed by atoms with Gasteiger partial charge in [-0.1, -0.05) is 32.4 Å². The molecule has 23 heavy (non-hydrogen) atoms. The Hall–Kier alpha value is -2.37. The predicted molar refractivity (Wildman–Crippen MR) is 87.2 cm³/mol. The maximum Gasteiger partial charge on any atom is 0.326 e. The fourth-order valence-corrected chi connectivity index (χ4v) is 2.20. The lowest BCUT2D eigenvalue weighted by Gasteiger charge is -2.20. The number of amides is 2. The van der Waals surface area contributed by atoms with Crippen LogP contribution in [0.5, 0.6) is 0 Å². The predicted octanol–water partition coefficient (Wildman–Crippen LogP) is 1.59. The third kappa shape index (κ3) is 5.73. The van der Waals surface area contributed by atoms with E-state index in [-0.39, 0.29) is 24.2 Å². The molecule has 0 heterocycles. The van der Waals surface area contributed by atoms with Gasteiger partial charge in [0.15, 0.2) is 0 Å². The molecule has 1 rings (SSSR count). The van der Waals surface area contributed by atoms with Crippen molar-refractivity contribution in [3.63, 3.8) is 0 Å². The quantitative estimate of drug-likeness (QED) is 0.678. The SMILES string of the molecule is CCC(C)C(NC(=O)CCc1cccc(C(=O)NC)c1)C(=O)O. The van der Waals surface area contributed by atoms with E-state index < -0.39 is 12.0 Å². The Morgan fingerprint density at radius 2 is 1.96 bits per heavy atom. The molecule has 3 N–H and O–H groups in total. The first-order valence-electron chi connectivity index (χ1n) is 7.72. The summed E-state index contributed by atoms with van der Waals surface area (Å²) in [7, 11) is 1.56. The molecule has 2 atom stereocenters.